The molecule has 1 fully saturated rings. The lowest BCUT2D eigenvalue weighted by Gasteiger charge is -2.32. The molecule has 0 spiro atoms. The number of hydrogen-bond donors (Lipinski definition) is 0. The molecule has 29 heavy (non-hydrogen) atoms. The Morgan fingerprint density at radius 3 is 1.97 bits per heavy atom. The van der Waals surface area contributed by atoms with Crippen molar-refractivity contribution in [3.8, 4) is 22.3 Å². The minimum atomic E-state index is -1.16. The molecule has 2 aliphatic heterocycles. The standard InChI is InChI=1S/C24H23BO3S/c1-23(2)24(3,4)28-25(27-23)18-11-13-22-20(15-18)19-14-17(10-12-21(19)29(22)26)16-8-6-5-7-9-16/h5-15H,1-4H3. The summed E-state index contributed by atoms with van der Waals surface area (Å²) in [5, 5.41) is 0. The van der Waals surface area contributed by atoms with E-state index in [0.29, 0.717) is 0 Å². The molecular weight excluding hydrogens is 379 g/mol. The minimum Gasteiger partial charge on any atom is -0.399 e. The van der Waals surface area contributed by atoms with Crippen LogP contribution in [0.25, 0.3) is 22.3 Å². The van der Waals surface area contributed by atoms with Crippen molar-refractivity contribution in [2.45, 2.75) is 48.7 Å². The van der Waals surface area contributed by atoms with Crippen LogP contribution in [0.2, 0.25) is 0 Å². The second kappa shape index (κ2) is 6.40. The third-order valence-corrected chi connectivity index (χ3v) is 7.82. The van der Waals surface area contributed by atoms with Gasteiger partial charge in [0.1, 0.15) is 0 Å². The van der Waals surface area contributed by atoms with Crippen molar-refractivity contribution in [2.75, 3.05) is 0 Å². The van der Waals surface area contributed by atoms with Crippen LogP contribution in [0.1, 0.15) is 27.7 Å². The molecule has 0 aromatic heterocycles. The molecular formula is C24H23BO3S. The molecule has 2 aliphatic rings. The topological polar surface area (TPSA) is 35.5 Å². The van der Waals surface area contributed by atoms with Gasteiger partial charge < -0.3 is 9.31 Å². The summed E-state index contributed by atoms with van der Waals surface area (Å²) >= 11 is 0. The van der Waals surface area contributed by atoms with Crippen LogP contribution >= 0.6 is 0 Å². The largest absolute Gasteiger partial charge is 0.494 e. The third kappa shape index (κ3) is 2.91. The summed E-state index contributed by atoms with van der Waals surface area (Å²) in [4.78, 5) is 1.72. The van der Waals surface area contributed by atoms with E-state index in [-0.39, 0.29) is 0 Å². The van der Waals surface area contributed by atoms with Gasteiger partial charge in [0.05, 0.1) is 31.8 Å². The van der Waals surface area contributed by atoms with E-state index >= 15 is 0 Å². The molecule has 0 N–H and O–H groups in total. The zero-order chi connectivity index (χ0) is 20.4. The van der Waals surface area contributed by atoms with Crippen LogP contribution in [0.15, 0.2) is 76.5 Å². The van der Waals surface area contributed by atoms with Crippen molar-refractivity contribution in [1.29, 1.82) is 0 Å². The van der Waals surface area contributed by atoms with Gasteiger partial charge in [-0.25, -0.2) is 4.21 Å². The molecule has 146 valence electrons. The first-order valence-corrected chi connectivity index (χ1v) is 11.0. The molecule has 5 rings (SSSR count). The predicted molar refractivity (Wildman–Crippen MR) is 118 cm³/mol. The third-order valence-electron chi connectivity index (χ3n) is 6.31. The van der Waals surface area contributed by atoms with E-state index in [1.165, 1.54) is 0 Å². The van der Waals surface area contributed by atoms with Crippen LogP contribution in [0.5, 0.6) is 0 Å². The van der Waals surface area contributed by atoms with Gasteiger partial charge in [-0.05, 0) is 73.6 Å². The van der Waals surface area contributed by atoms with Gasteiger partial charge in [0, 0.05) is 0 Å². The van der Waals surface area contributed by atoms with Gasteiger partial charge >= 0.3 is 7.12 Å². The molecule has 1 atom stereocenters. The first-order valence-electron chi connectivity index (χ1n) is 9.88. The fourth-order valence-electron chi connectivity index (χ4n) is 3.88. The fraction of sp³-hybridized carbons (Fsp3) is 0.250. The average molecular weight is 402 g/mol. The van der Waals surface area contributed by atoms with E-state index in [4.69, 9.17) is 9.31 Å². The summed E-state index contributed by atoms with van der Waals surface area (Å²) in [6, 6.07) is 22.4. The average Bonchev–Trinajstić information content (AvgIpc) is 3.11. The van der Waals surface area contributed by atoms with Gasteiger partial charge in [-0.15, -0.1) is 0 Å². The fourth-order valence-corrected chi connectivity index (χ4v) is 5.23. The van der Waals surface area contributed by atoms with E-state index in [1.54, 1.807) is 0 Å². The highest BCUT2D eigenvalue weighted by Gasteiger charge is 2.51. The highest BCUT2D eigenvalue weighted by Crippen LogP contribution is 2.43. The summed E-state index contributed by atoms with van der Waals surface area (Å²) in [5.41, 5.74) is 4.47. The summed E-state index contributed by atoms with van der Waals surface area (Å²) in [5.74, 6) is 0. The van der Waals surface area contributed by atoms with Gasteiger partial charge in [-0.2, -0.15) is 0 Å². The molecule has 0 amide bonds. The molecule has 0 aliphatic carbocycles. The molecule has 0 radical (unpaired) electrons. The smallest absolute Gasteiger partial charge is 0.399 e. The van der Waals surface area contributed by atoms with Gasteiger partial charge in [-0.1, -0.05) is 48.5 Å². The van der Waals surface area contributed by atoms with Gasteiger partial charge in [-0.3, -0.25) is 0 Å². The monoisotopic (exact) mass is 402 g/mol. The number of benzene rings is 3. The van der Waals surface area contributed by atoms with E-state index in [9.17, 15) is 4.21 Å². The van der Waals surface area contributed by atoms with Gasteiger partial charge in [0.15, 0.2) is 0 Å². The molecule has 5 heteroatoms. The highest BCUT2D eigenvalue weighted by atomic mass is 32.2. The maximum atomic E-state index is 13.0. The Hall–Kier alpha value is -2.21. The molecule has 0 bridgehead atoms. The quantitative estimate of drug-likeness (QED) is 0.452. The molecule has 1 unspecified atom stereocenters. The van der Waals surface area contributed by atoms with Crippen LogP contribution in [0, 0.1) is 0 Å². The Balaban J connectivity index is 1.58. The van der Waals surface area contributed by atoms with Gasteiger partial charge in [0.25, 0.3) is 0 Å². The maximum Gasteiger partial charge on any atom is 0.494 e. The Morgan fingerprint density at radius 1 is 0.724 bits per heavy atom. The molecule has 3 aromatic carbocycles. The summed E-state index contributed by atoms with van der Waals surface area (Å²) < 4.78 is 25.5. The maximum absolute atomic E-state index is 13.0. The molecule has 3 nitrogen and oxygen atoms in total. The second-order valence-electron chi connectivity index (χ2n) is 8.69. The van der Waals surface area contributed by atoms with Crippen molar-refractivity contribution < 1.29 is 13.5 Å². The predicted octanol–water partition coefficient (Wildman–Crippen LogP) is 4.80. The lowest BCUT2D eigenvalue weighted by molar-refractivity contribution is 0.00578. The second-order valence-corrected chi connectivity index (χ2v) is 10.1. The van der Waals surface area contributed by atoms with Crippen molar-refractivity contribution in [3.63, 3.8) is 0 Å². The highest BCUT2D eigenvalue weighted by molar-refractivity contribution is 7.85. The number of hydrogen-bond acceptors (Lipinski definition) is 3. The SMILES string of the molecule is CC1(C)OB(c2ccc3c(c2)-c2cc(-c4ccccc4)ccc2S3=O)OC1(C)C. The first kappa shape index (κ1) is 18.8. The molecule has 0 saturated carbocycles. The van der Waals surface area contributed by atoms with Crippen LogP contribution in [-0.4, -0.2) is 22.5 Å². The van der Waals surface area contributed by atoms with E-state index in [0.717, 1.165) is 37.5 Å². The van der Waals surface area contributed by atoms with Crippen LogP contribution in [-0.2, 0) is 20.1 Å². The first-order chi connectivity index (χ1) is 13.8. The number of fused-ring (bicyclic) bond motifs is 3. The summed E-state index contributed by atoms with van der Waals surface area (Å²) in [6.45, 7) is 8.21. The van der Waals surface area contributed by atoms with E-state index < -0.39 is 29.1 Å². The van der Waals surface area contributed by atoms with Crippen molar-refractivity contribution in [3.05, 3.63) is 66.7 Å². The minimum absolute atomic E-state index is 0.391. The molecule has 1 saturated heterocycles. The molecule has 2 heterocycles. The Bertz CT molecular complexity index is 1120. The normalized spacial score (nSPS) is 21.1. The van der Waals surface area contributed by atoms with Crippen LogP contribution in [0.4, 0.5) is 0 Å². The Labute approximate surface area is 174 Å². The van der Waals surface area contributed by atoms with E-state index in [2.05, 4.69) is 52.0 Å². The van der Waals surface area contributed by atoms with E-state index in [1.807, 2.05) is 42.5 Å². The summed E-state index contributed by atoms with van der Waals surface area (Å²) in [7, 11) is -1.59. The summed E-state index contributed by atoms with van der Waals surface area (Å²) in [6.07, 6.45) is 0. The van der Waals surface area contributed by atoms with Gasteiger partial charge in [0.2, 0.25) is 0 Å². The Kier molecular flexibility index (Phi) is 4.15. The van der Waals surface area contributed by atoms with Crippen molar-refractivity contribution >= 4 is 23.4 Å². The van der Waals surface area contributed by atoms with Crippen molar-refractivity contribution in [1.82, 2.24) is 0 Å². The van der Waals surface area contributed by atoms with Crippen LogP contribution in [0.3, 0.4) is 0 Å². The zero-order valence-corrected chi connectivity index (χ0v) is 17.9. The Morgan fingerprint density at radius 2 is 1.31 bits per heavy atom. The van der Waals surface area contributed by atoms with Crippen LogP contribution < -0.4 is 5.46 Å². The van der Waals surface area contributed by atoms with Crippen molar-refractivity contribution in [2.24, 2.45) is 0 Å². The molecule has 3 aromatic rings. The lowest BCUT2D eigenvalue weighted by Crippen LogP contribution is -2.41. The lowest BCUT2D eigenvalue weighted by atomic mass is 9.78. The number of rotatable bonds is 2. The zero-order valence-electron chi connectivity index (χ0n) is 17.1.